The fourth-order valence-corrected chi connectivity index (χ4v) is 3.61. The van der Waals surface area contributed by atoms with E-state index in [0.717, 1.165) is 6.61 Å². The summed E-state index contributed by atoms with van der Waals surface area (Å²) in [6.45, 7) is 0.969. The van der Waals surface area contributed by atoms with Crippen LogP contribution in [0.5, 0.6) is 0 Å². The smallest absolute Gasteiger partial charge is 0.0762 e. The lowest BCUT2D eigenvalue weighted by Crippen LogP contribution is -2.35. The maximum Gasteiger partial charge on any atom is 0.0762 e. The molecule has 0 N–H and O–H groups in total. The molecule has 15 heavy (non-hydrogen) atoms. The fourth-order valence-electron chi connectivity index (χ4n) is 2.76. The molecule has 2 unspecified atom stereocenters. The Labute approximate surface area is 102 Å². The molecule has 0 spiro atoms. The molecule has 2 fully saturated rings. The lowest BCUT2D eigenvalue weighted by atomic mass is 9.84. The monoisotopic (exact) mass is 273 g/mol. The minimum absolute atomic E-state index is 0.428. The average molecular weight is 274 g/mol. The SMILES string of the molecule is BrC1CCCOC1[C]1CCCCCCC1. The Balaban J connectivity index is 1.87. The van der Waals surface area contributed by atoms with Crippen LogP contribution in [0.1, 0.15) is 57.8 Å². The fraction of sp³-hybridized carbons (Fsp3) is 0.923. The van der Waals surface area contributed by atoms with Gasteiger partial charge in [-0.25, -0.2) is 0 Å². The zero-order valence-electron chi connectivity index (χ0n) is 9.51. The molecule has 1 saturated carbocycles. The van der Waals surface area contributed by atoms with Gasteiger partial charge in [-0.05, 0) is 25.7 Å². The largest absolute Gasteiger partial charge is 0.376 e. The third-order valence-electron chi connectivity index (χ3n) is 3.65. The first-order chi connectivity index (χ1) is 7.38. The van der Waals surface area contributed by atoms with Gasteiger partial charge in [-0.1, -0.05) is 48.0 Å². The summed E-state index contributed by atoms with van der Waals surface area (Å²) in [7, 11) is 0. The molecule has 1 saturated heterocycles. The van der Waals surface area contributed by atoms with Crippen molar-refractivity contribution in [2.45, 2.75) is 68.7 Å². The standard InChI is InChI=1S/C13H22BrO/c14-12-9-6-10-15-13(12)11-7-4-2-1-3-5-8-11/h12-13H,1-10H2. The van der Waals surface area contributed by atoms with Crippen LogP contribution in [0.2, 0.25) is 0 Å². The maximum atomic E-state index is 5.94. The van der Waals surface area contributed by atoms with Crippen molar-refractivity contribution < 1.29 is 4.74 Å². The van der Waals surface area contributed by atoms with Crippen LogP contribution < -0.4 is 0 Å². The van der Waals surface area contributed by atoms with Gasteiger partial charge in [0, 0.05) is 17.4 Å². The highest BCUT2D eigenvalue weighted by Crippen LogP contribution is 2.35. The minimum atomic E-state index is 0.428. The van der Waals surface area contributed by atoms with E-state index in [1.807, 2.05) is 0 Å². The van der Waals surface area contributed by atoms with Gasteiger partial charge in [0.25, 0.3) is 0 Å². The topological polar surface area (TPSA) is 9.23 Å². The van der Waals surface area contributed by atoms with Gasteiger partial charge in [0.1, 0.15) is 0 Å². The van der Waals surface area contributed by atoms with Gasteiger partial charge >= 0.3 is 0 Å². The molecule has 1 heterocycles. The number of halogens is 1. The molecule has 1 nitrogen and oxygen atoms in total. The highest BCUT2D eigenvalue weighted by Gasteiger charge is 2.31. The summed E-state index contributed by atoms with van der Waals surface area (Å²) in [5.74, 6) is 1.69. The third-order valence-corrected chi connectivity index (χ3v) is 4.59. The summed E-state index contributed by atoms with van der Waals surface area (Å²) in [6, 6.07) is 0. The van der Waals surface area contributed by atoms with Crippen molar-refractivity contribution in [3.05, 3.63) is 5.92 Å². The molecule has 2 atom stereocenters. The molecule has 87 valence electrons. The molecule has 0 aromatic rings. The highest BCUT2D eigenvalue weighted by atomic mass is 79.9. The highest BCUT2D eigenvalue weighted by molar-refractivity contribution is 9.09. The van der Waals surface area contributed by atoms with Crippen molar-refractivity contribution in [2.75, 3.05) is 6.61 Å². The average Bonchev–Trinajstić information content (AvgIpc) is 2.19. The van der Waals surface area contributed by atoms with E-state index >= 15 is 0 Å². The van der Waals surface area contributed by atoms with Gasteiger partial charge < -0.3 is 4.74 Å². The first-order valence-corrected chi connectivity index (χ1v) is 7.40. The molecule has 0 amide bonds. The van der Waals surface area contributed by atoms with E-state index < -0.39 is 0 Å². The van der Waals surface area contributed by atoms with Gasteiger partial charge in [-0.15, -0.1) is 0 Å². The Morgan fingerprint density at radius 3 is 2.27 bits per heavy atom. The molecular weight excluding hydrogens is 252 g/mol. The zero-order chi connectivity index (χ0) is 10.5. The van der Waals surface area contributed by atoms with Crippen LogP contribution >= 0.6 is 15.9 Å². The predicted octanol–water partition coefficient (Wildman–Crippen LogP) is 4.25. The number of alkyl halides is 1. The van der Waals surface area contributed by atoms with Crippen molar-refractivity contribution in [3.8, 4) is 0 Å². The lowest BCUT2D eigenvalue weighted by molar-refractivity contribution is 0.0255. The third kappa shape index (κ3) is 3.45. The van der Waals surface area contributed by atoms with Crippen LogP contribution in [0.4, 0.5) is 0 Å². The molecule has 2 heteroatoms. The normalized spacial score (nSPS) is 35.8. The maximum absolute atomic E-state index is 5.94. The summed E-state index contributed by atoms with van der Waals surface area (Å²) < 4.78 is 5.94. The predicted molar refractivity (Wildman–Crippen MR) is 67.3 cm³/mol. The van der Waals surface area contributed by atoms with Gasteiger partial charge in [0.2, 0.25) is 0 Å². The lowest BCUT2D eigenvalue weighted by Gasteiger charge is -2.34. The first-order valence-electron chi connectivity index (χ1n) is 6.48. The Morgan fingerprint density at radius 1 is 0.933 bits per heavy atom. The Kier molecular flexibility index (Phi) is 4.96. The van der Waals surface area contributed by atoms with E-state index in [2.05, 4.69) is 15.9 Å². The zero-order valence-corrected chi connectivity index (χ0v) is 11.1. The summed E-state index contributed by atoms with van der Waals surface area (Å²) in [5, 5.41) is 0. The molecule has 0 bridgehead atoms. The molecule has 2 aliphatic rings. The van der Waals surface area contributed by atoms with Crippen molar-refractivity contribution in [3.63, 3.8) is 0 Å². The van der Waals surface area contributed by atoms with Crippen LogP contribution in [-0.4, -0.2) is 17.5 Å². The van der Waals surface area contributed by atoms with Crippen LogP contribution in [0.15, 0.2) is 0 Å². The molecule has 1 aliphatic carbocycles. The molecule has 0 aromatic heterocycles. The Hall–Kier alpha value is 0.440. The van der Waals surface area contributed by atoms with Crippen LogP contribution in [0.25, 0.3) is 0 Å². The Bertz CT molecular complexity index is 175. The van der Waals surface area contributed by atoms with Gasteiger partial charge in [0.15, 0.2) is 0 Å². The van der Waals surface area contributed by atoms with E-state index in [0.29, 0.717) is 10.9 Å². The van der Waals surface area contributed by atoms with Crippen molar-refractivity contribution in [1.82, 2.24) is 0 Å². The number of rotatable bonds is 1. The van der Waals surface area contributed by atoms with Crippen LogP contribution in [-0.2, 0) is 4.74 Å². The Morgan fingerprint density at radius 2 is 1.60 bits per heavy atom. The van der Waals surface area contributed by atoms with E-state index in [1.165, 1.54) is 57.8 Å². The van der Waals surface area contributed by atoms with Gasteiger partial charge in [-0.2, -0.15) is 0 Å². The van der Waals surface area contributed by atoms with Crippen LogP contribution in [0, 0.1) is 5.92 Å². The summed E-state index contributed by atoms with van der Waals surface area (Å²) in [6.07, 6.45) is 12.6. The number of hydrogen-bond donors (Lipinski definition) is 0. The van der Waals surface area contributed by atoms with Crippen molar-refractivity contribution >= 4 is 15.9 Å². The summed E-state index contributed by atoms with van der Waals surface area (Å²) in [4.78, 5) is 0.584. The van der Waals surface area contributed by atoms with Gasteiger partial charge in [-0.3, -0.25) is 0 Å². The van der Waals surface area contributed by atoms with Crippen molar-refractivity contribution in [2.24, 2.45) is 0 Å². The number of ether oxygens (including phenoxy) is 1. The molecule has 2 rings (SSSR count). The quantitative estimate of drug-likeness (QED) is 0.649. The van der Waals surface area contributed by atoms with Gasteiger partial charge in [0.05, 0.1) is 6.10 Å². The first kappa shape index (κ1) is 11.9. The van der Waals surface area contributed by atoms with E-state index in [-0.39, 0.29) is 0 Å². The number of hydrogen-bond acceptors (Lipinski definition) is 1. The second-order valence-electron chi connectivity index (χ2n) is 4.88. The second-order valence-corrected chi connectivity index (χ2v) is 6.05. The molecule has 1 radical (unpaired) electrons. The second kappa shape index (κ2) is 6.24. The molecule has 1 aliphatic heterocycles. The molecule has 0 aromatic carbocycles. The van der Waals surface area contributed by atoms with E-state index in [1.54, 1.807) is 5.92 Å². The van der Waals surface area contributed by atoms with Crippen LogP contribution in [0.3, 0.4) is 0 Å². The minimum Gasteiger partial charge on any atom is -0.376 e. The van der Waals surface area contributed by atoms with E-state index in [4.69, 9.17) is 4.74 Å². The van der Waals surface area contributed by atoms with Crippen molar-refractivity contribution in [1.29, 1.82) is 0 Å². The summed E-state index contributed by atoms with van der Waals surface area (Å²) >= 11 is 3.79. The van der Waals surface area contributed by atoms with E-state index in [9.17, 15) is 0 Å². The molecular formula is C13H22BrO. The summed E-state index contributed by atoms with van der Waals surface area (Å²) in [5.41, 5.74) is 0.